The van der Waals surface area contributed by atoms with Gasteiger partial charge >= 0.3 is 0 Å². The molecule has 3 nitrogen and oxygen atoms in total. The SMILES string of the molecule is CNC(C)CN(CCOC)C(C)C. The van der Waals surface area contributed by atoms with Gasteiger partial charge < -0.3 is 10.1 Å². The van der Waals surface area contributed by atoms with Gasteiger partial charge in [0, 0.05) is 32.3 Å². The van der Waals surface area contributed by atoms with Crippen molar-refractivity contribution in [1.29, 1.82) is 0 Å². The van der Waals surface area contributed by atoms with Crippen LogP contribution in [-0.4, -0.2) is 50.8 Å². The molecule has 0 aliphatic heterocycles. The summed E-state index contributed by atoms with van der Waals surface area (Å²) in [5.41, 5.74) is 0. The predicted molar refractivity (Wildman–Crippen MR) is 57.1 cm³/mol. The second-order valence-corrected chi connectivity index (χ2v) is 3.77. The molecule has 0 heterocycles. The molecule has 0 aromatic rings. The van der Waals surface area contributed by atoms with Crippen molar-refractivity contribution in [1.82, 2.24) is 10.2 Å². The Kier molecular flexibility index (Phi) is 7.23. The highest BCUT2D eigenvalue weighted by molar-refractivity contribution is 4.69. The average Bonchev–Trinajstić information content (AvgIpc) is 2.11. The molecule has 0 saturated heterocycles. The number of nitrogens with one attached hydrogen (secondary N) is 1. The molecule has 0 aliphatic rings. The van der Waals surface area contributed by atoms with Gasteiger partial charge in [-0.15, -0.1) is 0 Å². The van der Waals surface area contributed by atoms with E-state index in [2.05, 4.69) is 31.0 Å². The summed E-state index contributed by atoms with van der Waals surface area (Å²) in [6.45, 7) is 9.55. The van der Waals surface area contributed by atoms with Gasteiger partial charge in [0.05, 0.1) is 6.61 Å². The Morgan fingerprint density at radius 3 is 2.31 bits per heavy atom. The van der Waals surface area contributed by atoms with E-state index < -0.39 is 0 Å². The number of hydrogen-bond donors (Lipinski definition) is 1. The molecule has 80 valence electrons. The van der Waals surface area contributed by atoms with E-state index in [1.54, 1.807) is 7.11 Å². The van der Waals surface area contributed by atoms with E-state index in [-0.39, 0.29) is 0 Å². The van der Waals surface area contributed by atoms with Crippen molar-refractivity contribution >= 4 is 0 Å². The number of likely N-dealkylation sites (N-methyl/N-ethyl adjacent to an activating group) is 1. The molecule has 1 N–H and O–H groups in total. The van der Waals surface area contributed by atoms with Gasteiger partial charge in [-0.2, -0.15) is 0 Å². The lowest BCUT2D eigenvalue weighted by molar-refractivity contribution is 0.123. The normalized spacial score (nSPS) is 14.1. The van der Waals surface area contributed by atoms with Crippen molar-refractivity contribution in [3.8, 4) is 0 Å². The van der Waals surface area contributed by atoms with Crippen molar-refractivity contribution < 1.29 is 4.74 Å². The Hall–Kier alpha value is -0.120. The Bertz CT molecular complexity index is 117. The van der Waals surface area contributed by atoms with Crippen LogP contribution in [-0.2, 0) is 4.74 Å². The lowest BCUT2D eigenvalue weighted by Gasteiger charge is -2.28. The highest BCUT2D eigenvalue weighted by atomic mass is 16.5. The fraction of sp³-hybridized carbons (Fsp3) is 1.00. The van der Waals surface area contributed by atoms with Crippen LogP contribution >= 0.6 is 0 Å². The molecule has 0 bridgehead atoms. The molecule has 0 aromatic heterocycles. The first-order valence-electron chi connectivity index (χ1n) is 5.02. The van der Waals surface area contributed by atoms with Crippen LogP contribution in [0, 0.1) is 0 Å². The summed E-state index contributed by atoms with van der Waals surface area (Å²) >= 11 is 0. The number of ether oxygens (including phenoxy) is 1. The lowest BCUT2D eigenvalue weighted by Crippen LogP contribution is -2.42. The zero-order valence-corrected chi connectivity index (χ0v) is 9.63. The number of hydrogen-bond acceptors (Lipinski definition) is 3. The van der Waals surface area contributed by atoms with Crippen molar-refractivity contribution in [2.45, 2.75) is 32.9 Å². The van der Waals surface area contributed by atoms with Gasteiger partial charge in [-0.05, 0) is 27.8 Å². The standard InChI is InChI=1S/C10H24N2O/c1-9(2)12(6-7-13-5)8-10(3)11-4/h9-11H,6-8H2,1-5H3. The third kappa shape index (κ3) is 6.02. The van der Waals surface area contributed by atoms with Gasteiger partial charge in [0.25, 0.3) is 0 Å². The van der Waals surface area contributed by atoms with Crippen LogP contribution in [0.15, 0.2) is 0 Å². The van der Waals surface area contributed by atoms with Crippen LogP contribution < -0.4 is 5.32 Å². The zero-order chi connectivity index (χ0) is 10.3. The maximum Gasteiger partial charge on any atom is 0.0589 e. The third-order valence-corrected chi connectivity index (χ3v) is 2.31. The Labute approximate surface area is 82.4 Å². The topological polar surface area (TPSA) is 24.5 Å². The molecule has 0 amide bonds. The molecule has 0 spiro atoms. The summed E-state index contributed by atoms with van der Waals surface area (Å²) in [6.07, 6.45) is 0. The molecule has 0 radical (unpaired) electrons. The highest BCUT2D eigenvalue weighted by Gasteiger charge is 2.11. The first-order chi connectivity index (χ1) is 6.11. The zero-order valence-electron chi connectivity index (χ0n) is 9.63. The van der Waals surface area contributed by atoms with Crippen molar-refractivity contribution in [2.24, 2.45) is 0 Å². The van der Waals surface area contributed by atoms with Gasteiger partial charge in [0.1, 0.15) is 0 Å². The molecular weight excluding hydrogens is 164 g/mol. The van der Waals surface area contributed by atoms with Gasteiger partial charge in [0.2, 0.25) is 0 Å². The van der Waals surface area contributed by atoms with Crippen LogP contribution in [0.1, 0.15) is 20.8 Å². The van der Waals surface area contributed by atoms with E-state index in [9.17, 15) is 0 Å². The molecular formula is C10H24N2O. The number of methoxy groups -OCH3 is 1. The highest BCUT2D eigenvalue weighted by Crippen LogP contribution is 1.99. The molecule has 0 aromatic carbocycles. The third-order valence-electron chi connectivity index (χ3n) is 2.31. The van der Waals surface area contributed by atoms with Gasteiger partial charge in [-0.1, -0.05) is 0 Å². The fourth-order valence-corrected chi connectivity index (χ4v) is 1.21. The van der Waals surface area contributed by atoms with Crippen molar-refractivity contribution in [3.63, 3.8) is 0 Å². The van der Waals surface area contributed by atoms with Crippen LogP contribution in [0.5, 0.6) is 0 Å². The molecule has 13 heavy (non-hydrogen) atoms. The van der Waals surface area contributed by atoms with Gasteiger partial charge in [-0.25, -0.2) is 0 Å². The van der Waals surface area contributed by atoms with Crippen LogP contribution in [0.2, 0.25) is 0 Å². The van der Waals surface area contributed by atoms with E-state index in [1.807, 2.05) is 7.05 Å². The van der Waals surface area contributed by atoms with Gasteiger partial charge in [0.15, 0.2) is 0 Å². The van der Waals surface area contributed by atoms with Crippen LogP contribution in [0.3, 0.4) is 0 Å². The summed E-state index contributed by atoms with van der Waals surface area (Å²) in [5.74, 6) is 0. The van der Waals surface area contributed by atoms with E-state index in [4.69, 9.17) is 4.74 Å². The molecule has 3 heteroatoms. The van der Waals surface area contributed by atoms with E-state index in [1.165, 1.54) is 0 Å². The summed E-state index contributed by atoms with van der Waals surface area (Å²) in [6, 6.07) is 1.13. The molecule has 0 fully saturated rings. The van der Waals surface area contributed by atoms with Crippen LogP contribution in [0.25, 0.3) is 0 Å². The summed E-state index contributed by atoms with van der Waals surface area (Å²) in [4.78, 5) is 2.42. The quantitative estimate of drug-likeness (QED) is 0.644. The number of nitrogens with zero attached hydrogens (tertiary/aromatic N) is 1. The minimum absolute atomic E-state index is 0.541. The number of rotatable bonds is 7. The molecule has 0 saturated carbocycles. The average molecular weight is 188 g/mol. The largest absolute Gasteiger partial charge is 0.383 e. The molecule has 0 aliphatic carbocycles. The summed E-state index contributed by atoms with van der Waals surface area (Å²) < 4.78 is 5.08. The van der Waals surface area contributed by atoms with Crippen molar-refractivity contribution in [3.05, 3.63) is 0 Å². The first-order valence-corrected chi connectivity index (χ1v) is 5.02. The second-order valence-electron chi connectivity index (χ2n) is 3.77. The minimum atomic E-state index is 0.541. The van der Waals surface area contributed by atoms with Crippen LogP contribution in [0.4, 0.5) is 0 Å². The Morgan fingerprint density at radius 2 is 1.92 bits per heavy atom. The van der Waals surface area contributed by atoms with Crippen molar-refractivity contribution in [2.75, 3.05) is 33.9 Å². The predicted octanol–water partition coefficient (Wildman–Crippen LogP) is 0.951. The summed E-state index contributed by atoms with van der Waals surface area (Å²) in [5, 5.41) is 3.24. The smallest absolute Gasteiger partial charge is 0.0589 e. The second kappa shape index (κ2) is 7.30. The molecule has 1 atom stereocenters. The molecule has 0 rings (SSSR count). The molecule has 1 unspecified atom stereocenters. The van der Waals surface area contributed by atoms with E-state index >= 15 is 0 Å². The van der Waals surface area contributed by atoms with E-state index in [0.29, 0.717) is 12.1 Å². The maximum absolute atomic E-state index is 5.08. The Morgan fingerprint density at radius 1 is 1.31 bits per heavy atom. The van der Waals surface area contributed by atoms with E-state index in [0.717, 1.165) is 19.7 Å². The maximum atomic E-state index is 5.08. The Balaban J connectivity index is 3.79. The fourth-order valence-electron chi connectivity index (χ4n) is 1.21. The summed E-state index contributed by atoms with van der Waals surface area (Å²) in [7, 11) is 3.75. The lowest BCUT2D eigenvalue weighted by atomic mass is 10.2. The first kappa shape index (κ1) is 12.9. The monoisotopic (exact) mass is 188 g/mol. The van der Waals surface area contributed by atoms with Gasteiger partial charge in [-0.3, -0.25) is 4.90 Å². The minimum Gasteiger partial charge on any atom is -0.383 e.